The van der Waals surface area contributed by atoms with Gasteiger partial charge in [-0.25, -0.2) is 0 Å². The molecule has 2 atom stereocenters. The third kappa shape index (κ3) is 2.00. The van der Waals surface area contributed by atoms with Gasteiger partial charge >= 0.3 is 0 Å². The molecule has 1 aromatic heterocycles. The Morgan fingerprint density at radius 1 is 1.35 bits per heavy atom. The van der Waals surface area contributed by atoms with Gasteiger partial charge in [0, 0.05) is 11.8 Å². The number of carbonyl (C=O) groups excluding carboxylic acids is 2. The van der Waals surface area contributed by atoms with E-state index in [-0.39, 0.29) is 35.2 Å². The van der Waals surface area contributed by atoms with Crippen LogP contribution in [0.15, 0.2) is 18.3 Å². The molecule has 2 unspecified atom stereocenters. The minimum Gasteiger partial charge on any atom is -0.388 e. The van der Waals surface area contributed by atoms with Gasteiger partial charge in [-0.3, -0.25) is 19.5 Å². The molecule has 5 nitrogen and oxygen atoms in total. The Morgan fingerprint density at radius 2 is 2.00 bits per heavy atom. The number of likely N-dealkylation sites (tertiary alicyclic amines) is 1. The van der Waals surface area contributed by atoms with Gasteiger partial charge in [0.1, 0.15) is 10.7 Å². The van der Waals surface area contributed by atoms with Gasteiger partial charge in [-0.2, -0.15) is 0 Å². The second kappa shape index (κ2) is 4.94. The van der Waals surface area contributed by atoms with Crippen molar-refractivity contribution in [2.24, 2.45) is 17.6 Å². The molecule has 2 N–H and O–H groups in total. The molecule has 104 valence electrons. The van der Waals surface area contributed by atoms with Crippen LogP contribution < -0.4 is 5.73 Å². The fourth-order valence-electron chi connectivity index (χ4n) is 3.17. The van der Waals surface area contributed by atoms with E-state index >= 15 is 0 Å². The van der Waals surface area contributed by atoms with Gasteiger partial charge in [-0.05, 0) is 18.9 Å². The SMILES string of the molecule is NC(=S)c1ncccc1CN1C(=O)C2CCCC2C1=O. The molecule has 1 saturated carbocycles. The minimum atomic E-state index is -0.118. The van der Waals surface area contributed by atoms with Crippen molar-refractivity contribution in [3.8, 4) is 0 Å². The summed E-state index contributed by atoms with van der Waals surface area (Å²) < 4.78 is 0. The number of carbonyl (C=O) groups is 2. The lowest BCUT2D eigenvalue weighted by atomic mass is 10.00. The summed E-state index contributed by atoms with van der Waals surface area (Å²) in [6.45, 7) is 0.213. The van der Waals surface area contributed by atoms with E-state index < -0.39 is 0 Å². The number of hydrogen-bond donors (Lipinski definition) is 1. The highest BCUT2D eigenvalue weighted by molar-refractivity contribution is 7.80. The molecule has 2 amide bonds. The van der Waals surface area contributed by atoms with Crippen molar-refractivity contribution in [2.45, 2.75) is 25.8 Å². The van der Waals surface area contributed by atoms with Crippen molar-refractivity contribution in [3.63, 3.8) is 0 Å². The number of nitrogens with zero attached hydrogens (tertiary/aromatic N) is 2. The molecule has 1 aromatic rings. The van der Waals surface area contributed by atoms with E-state index in [9.17, 15) is 9.59 Å². The predicted molar refractivity (Wildman–Crippen MR) is 76.5 cm³/mol. The Balaban J connectivity index is 1.87. The first-order valence-electron chi connectivity index (χ1n) is 6.68. The fraction of sp³-hybridized carbons (Fsp3) is 0.429. The van der Waals surface area contributed by atoms with Crippen molar-refractivity contribution in [2.75, 3.05) is 0 Å². The molecular formula is C14H15N3O2S. The molecule has 0 spiro atoms. The summed E-state index contributed by atoms with van der Waals surface area (Å²) in [5, 5.41) is 0. The highest BCUT2D eigenvalue weighted by Gasteiger charge is 2.49. The lowest BCUT2D eigenvalue weighted by Gasteiger charge is -2.17. The second-order valence-corrected chi connectivity index (χ2v) is 5.72. The highest BCUT2D eigenvalue weighted by Crippen LogP contribution is 2.40. The van der Waals surface area contributed by atoms with Crippen LogP contribution in [0.3, 0.4) is 0 Å². The first kappa shape index (κ1) is 13.2. The molecule has 2 aliphatic rings. The van der Waals surface area contributed by atoms with Gasteiger partial charge in [0.25, 0.3) is 0 Å². The Morgan fingerprint density at radius 3 is 2.60 bits per heavy atom. The van der Waals surface area contributed by atoms with Gasteiger partial charge in [0.05, 0.1) is 18.4 Å². The third-order valence-electron chi connectivity index (χ3n) is 4.14. The lowest BCUT2D eigenvalue weighted by Crippen LogP contribution is -2.32. The number of fused-ring (bicyclic) bond motifs is 1. The summed E-state index contributed by atoms with van der Waals surface area (Å²) in [5.41, 5.74) is 6.84. The van der Waals surface area contributed by atoms with Gasteiger partial charge in [-0.1, -0.05) is 24.7 Å². The average molecular weight is 289 g/mol. The molecule has 20 heavy (non-hydrogen) atoms. The van der Waals surface area contributed by atoms with Crippen molar-refractivity contribution in [3.05, 3.63) is 29.6 Å². The fourth-order valence-corrected chi connectivity index (χ4v) is 3.36. The minimum absolute atomic E-state index is 0.0600. The summed E-state index contributed by atoms with van der Waals surface area (Å²) in [5.74, 6) is -0.356. The van der Waals surface area contributed by atoms with Crippen molar-refractivity contribution in [1.29, 1.82) is 0 Å². The van der Waals surface area contributed by atoms with Crippen LogP contribution in [0.4, 0.5) is 0 Å². The number of aromatic nitrogens is 1. The number of hydrogen-bond acceptors (Lipinski definition) is 4. The number of pyridine rings is 1. The van der Waals surface area contributed by atoms with Crippen LogP contribution in [0.25, 0.3) is 0 Å². The van der Waals surface area contributed by atoms with Gasteiger partial charge < -0.3 is 5.73 Å². The standard InChI is InChI=1S/C14H15N3O2S/c15-12(20)11-8(3-2-6-16-11)7-17-13(18)9-4-1-5-10(9)14(17)19/h2-3,6,9-10H,1,4-5,7H2,(H2,15,20). The summed E-state index contributed by atoms with van der Waals surface area (Å²) in [6.07, 6.45) is 4.20. The van der Waals surface area contributed by atoms with Gasteiger partial charge in [0.15, 0.2) is 0 Å². The molecule has 2 heterocycles. The zero-order chi connectivity index (χ0) is 14.3. The Bertz CT molecular complexity index is 580. The summed E-state index contributed by atoms with van der Waals surface area (Å²) in [7, 11) is 0. The Labute approximate surface area is 122 Å². The highest BCUT2D eigenvalue weighted by atomic mass is 32.1. The molecule has 1 saturated heterocycles. The molecule has 1 aliphatic heterocycles. The Kier molecular flexibility index (Phi) is 3.25. The number of nitrogens with two attached hydrogens (primary N) is 1. The molecule has 2 fully saturated rings. The maximum absolute atomic E-state index is 12.3. The molecule has 0 aromatic carbocycles. The normalized spacial score (nSPS) is 25.1. The van der Waals surface area contributed by atoms with Crippen LogP contribution in [0.1, 0.15) is 30.5 Å². The molecule has 0 radical (unpaired) electrons. The first-order valence-corrected chi connectivity index (χ1v) is 7.09. The summed E-state index contributed by atoms with van der Waals surface area (Å²) >= 11 is 4.96. The van der Waals surface area contributed by atoms with Crippen LogP contribution in [0.5, 0.6) is 0 Å². The van der Waals surface area contributed by atoms with E-state index in [0.29, 0.717) is 5.69 Å². The molecular weight excluding hydrogens is 274 g/mol. The van der Waals surface area contributed by atoms with E-state index in [0.717, 1.165) is 24.8 Å². The van der Waals surface area contributed by atoms with Gasteiger partial charge in [0.2, 0.25) is 11.8 Å². The Hall–Kier alpha value is -1.82. The van der Waals surface area contributed by atoms with E-state index in [1.165, 1.54) is 4.90 Å². The quantitative estimate of drug-likeness (QED) is 0.663. The van der Waals surface area contributed by atoms with Crippen LogP contribution in [-0.2, 0) is 16.1 Å². The zero-order valence-corrected chi connectivity index (χ0v) is 11.7. The topological polar surface area (TPSA) is 76.3 Å². The number of rotatable bonds is 3. The van der Waals surface area contributed by atoms with Crippen LogP contribution in [0, 0.1) is 11.8 Å². The van der Waals surface area contributed by atoms with Crippen molar-refractivity contribution in [1.82, 2.24) is 9.88 Å². The first-order chi connectivity index (χ1) is 9.59. The summed E-state index contributed by atoms with van der Waals surface area (Å²) in [6, 6.07) is 3.55. The van der Waals surface area contributed by atoms with Crippen LogP contribution in [0.2, 0.25) is 0 Å². The van der Waals surface area contributed by atoms with E-state index in [4.69, 9.17) is 18.0 Å². The zero-order valence-electron chi connectivity index (χ0n) is 10.9. The molecule has 3 rings (SSSR count). The van der Waals surface area contributed by atoms with Gasteiger partial charge in [-0.15, -0.1) is 0 Å². The van der Waals surface area contributed by atoms with Crippen molar-refractivity contribution < 1.29 is 9.59 Å². The smallest absolute Gasteiger partial charge is 0.233 e. The van der Waals surface area contributed by atoms with E-state index in [1.54, 1.807) is 18.3 Å². The molecule has 1 aliphatic carbocycles. The maximum atomic E-state index is 12.3. The largest absolute Gasteiger partial charge is 0.388 e. The number of amides is 2. The summed E-state index contributed by atoms with van der Waals surface area (Å²) in [4.78, 5) is 30.3. The number of imide groups is 1. The predicted octanol–water partition coefficient (Wildman–Crippen LogP) is 1.00. The molecule has 0 bridgehead atoms. The van der Waals surface area contributed by atoms with E-state index in [2.05, 4.69) is 4.98 Å². The molecule has 6 heteroatoms. The maximum Gasteiger partial charge on any atom is 0.233 e. The number of thiocarbonyl (C=S) groups is 1. The van der Waals surface area contributed by atoms with Crippen molar-refractivity contribution >= 4 is 29.0 Å². The van der Waals surface area contributed by atoms with Crippen LogP contribution >= 0.6 is 12.2 Å². The average Bonchev–Trinajstić information content (AvgIpc) is 2.99. The second-order valence-electron chi connectivity index (χ2n) is 5.28. The lowest BCUT2D eigenvalue weighted by molar-refractivity contribution is -0.141. The third-order valence-corrected chi connectivity index (χ3v) is 4.33. The van der Waals surface area contributed by atoms with Crippen LogP contribution in [-0.4, -0.2) is 26.7 Å². The monoisotopic (exact) mass is 289 g/mol. The van der Waals surface area contributed by atoms with E-state index in [1.807, 2.05) is 0 Å².